The molecule has 5 heteroatoms. The molecule has 0 saturated heterocycles. The van der Waals surface area contributed by atoms with E-state index in [1.165, 1.54) is 6.42 Å². The molecule has 0 radical (unpaired) electrons. The van der Waals surface area contributed by atoms with Gasteiger partial charge in [-0.25, -0.2) is 4.99 Å². The monoisotopic (exact) mass is 305 g/mol. The molecule has 0 amide bonds. The minimum absolute atomic E-state index is 0.158. The molecule has 1 fully saturated rings. The Hall–Kier alpha value is -1.78. The van der Waals surface area contributed by atoms with Crippen LogP contribution in [-0.2, 0) is 0 Å². The molecule has 2 rings (SSSR count). The third-order valence-electron chi connectivity index (χ3n) is 3.36. The summed E-state index contributed by atoms with van der Waals surface area (Å²) in [5.41, 5.74) is 0.330. The maximum absolute atomic E-state index is 10.9. The maximum atomic E-state index is 10.9. The summed E-state index contributed by atoms with van der Waals surface area (Å²) in [6, 6.07) is 0. The standard InChI is InChI=1S/C13H17N3O2.C4H10/c1-3-7-11-12(10(2)16(17)18)15-13(14-11)8-5-4-6-9-13;1-4(2)3/h3,7H,2,4-6,8-9H2,1H3;4H,1-3H3/b7-3-;. The maximum Gasteiger partial charge on any atom is 0.289 e. The zero-order valence-corrected chi connectivity index (χ0v) is 14.1. The van der Waals surface area contributed by atoms with E-state index in [1.807, 2.05) is 13.0 Å². The molecule has 0 aromatic carbocycles. The van der Waals surface area contributed by atoms with E-state index in [9.17, 15) is 10.1 Å². The van der Waals surface area contributed by atoms with E-state index >= 15 is 0 Å². The van der Waals surface area contributed by atoms with Crippen LogP contribution in [0.15, 0.2) is 34.4 Å². The molecule has 0 atom stereocenters. The first-order chi connectivity index (χ1) is 10.3. The molecule has 2 aliphatic rings. The quantitative estimate of drug-likeness (QED) is 0.566. The second-order valence-corrected chi connectivity index (χ2v) is 6.44. The zero-order valence-electron chi connectivity index (χ0n) is 14.1. The molecular formula is C17H27N3O2. The summed E-state index contributed by atoms with van der Waals surface area (Å²) in [6.07, 6.45) is 8.70. The van der Waals surface area contributed by atoms with Crippen molar-refractivity contribution in [2.45, 2.75) is 65.5 Å². The molecule has 22 heavy (non-hydrogen) atoms. The highest BCUT2D eigenvalue weighted by atomic mass is 16.6. The van der Waals surface area contributed by atoms with Crippen LogP contribution >= 0.6 is 0 Å². The second kappa shape index (κ2) is 8.01. The van der Waals surface area contributed by atoms with Crippen molar-refractivity contribution >= 4 is 11.4 Å². The normalized spacial score (nSPS) is 19.7. The first-order valence-corrected chi connectivity index (χ1v) is 7.98. The SMILES string of the molecule is C=C(C1=NC2(CCCCC2)N=C1/C=C\C)[N+](=O)[O-].CC(C)C. The molecule has 0 unspecified atom stereocenters. The summed E-state index contributed by atoms with van der Waals surface area (Å²) >= 11 is 0. The fourth-order valence-electron chi connectivity index (χ4n) is 2.48. The molecule has 1 aliphatic carbocycles. The van der Waals surface area contributed by atoms with Crippen molar-refractivity contribution < 1.29 is 4.92 Å². The third kappa shape index (κ3) is 4.90. The Bertz CT molecular complexity index is 507. The first-order valence-electron chi connectivity index (χ1n) is 7.98. The first kappa shape index (κ1) is 18.3. The van der Waals surface area contributed by atoms with Crippen LogP contribution in [0.25, 0.3) is 0 Å². The van der Waals surface area contributed by atoms with Crippen LogP contribution in [0.3, 0.4) is 0 Å². The fraction of sp³-hybridized carbons (Fsp3) is 0.647. The van der Waals surface area contributed by atoms with Crippen molar-refractivity contribution in [2.75, 3.05) is 0 Å². The minimum atomic E-state index is -0.486. The number of allylic oxidation sites excluding steroid dienone is 3. The van der Waals surface area contributed by atoms with Gasteiger partial charge in [-0.3, -0.25) is 15.1 Å². The van der Waals surface area contributed by atoms with Crippen molar-refractivity contribution in [3.63, 3.8) is 0 Å². The predicted octanol–water partition coefficient (Wildman–Crippen LogP) is 4.57. The lowest BCUT2D eigenvalue weighted by Crippen LogP contribution is -2.25. The molecule has 0 aromatic heterocycles. The van der Waals surface area contributed by atoms with Crippen LogP contribution in [0.2, 0.25) is 0 Å². The number of hydrogen-bond donors (Lipinski definition) is 0. The average Bonchev–Trinajstić information content (AvgIpc) is 2.76. The molecule has 1 spiro atoms. The lowest BCUT2D eigenvalue weighted by molar-refractivity contribution is -0.414. The lowest BCUT2D eigenvalue weighted by atomic mass is 9.90. The van der Waals surface area contributed by atoms with Gasteiger partial charge in [0.25, 0.3) is 5.70 Å². The van der Waals surface area contributed by atoms with Crippen molar-refractivity contribution in [3.8, 4) is 0 Å². The highest BCUT2D eigenvalue weighted by Crippen LogP contribution is 2.37. The van der Waals surface area contributed by atoms with Gasteiger partial charge in [-0.2, -0.15) is 0 Å². The average molecular weight is 305 g/mol. The minimum Gasteiger partial charge on any atom is -0.258 e. The van der Waals surface area contributed by atoms with Crippen molar-refractivity contribution in [1.29, 1.82) is 0 Å². The van der Waals surface area contributed by atoms with Gasteiger partial charge < -0.3 is 0 Å². The number of hydrogen-bond acceptors (Lipinski definition) is 4. The van der Waals surface area contributed by atoms with E-state index in [1.54, 1.807) is 6.08 Å². The number of nitro groups is 1. The predicted molar refractivity (Wildman–Crippen MR) is 92.1 cm³/mol. The Morgan fingerprint density at radius 3 is 2.27 bits per heavy atom. The van der Waals surface area contributed by atoms with Gasteiger partial charge in [0.05, 0.1) is 10.6 Å². The van der Waals surface area contributed by atoms with Crippen LogP contribution < -0.4 is 0 Å². The Balaban J connectivity index is 0.000000541. The summed E-state index contributed by atoms with van der Waals surface area (Å²) in [7, 11) is 0. The summed E-state index contributed by atoms with van der Waals surface area (Å²) in [6.45, 7) is 11.9. The van der Waals surface area contributed by atoms with Gasteiger partial charge in [0.15, 0.2) is 11.4 Å². The van der Waals surface area contributed by atoms with Crippen LogP contribution in [0, 0.1) is 16.0 Å². The Labute approximate surface area is 133 Å². The Morgan fingerprint density at radius 2 is 1.82 bits per heavy atom. The number of rotatable bonds is 3. The van der Waals surface area contributed by atoms with E-state index < -0.39 is 10.6 Å². The summed E-state index contributed by atoms with van der Waals surface area (Å²) in [5, 5.41) is 10.9. The van der Waals surface area contributed by atoms with Crippen LogP contribution in [0.4, 0.5) is 0 Å². The molecule has 1 heterocycles. The van der Waals surface area contributed by atoms with Gasteiger partial charge in [0.1, 0.15) is 0 Å². The topological polar surface area (TPSA) is 67.9 Å². The van der Waals surface area contributed by atoms with Gasteiger partial charge in [-0.05, 0) is 51.2 Å². The zero-order chi connectivity index (χ0) is 16.8. The number of aliphatic imine (C=N–C) groups is 2. The molecule has 5 nitrogen and oxygen atoms in total. The van der Waals surface area contributed by atoms with Gasteiger partial charge in [-0.15, -0.1) is 0 Å². The Morgan fingerprint density at radius 1 is 1.27 bits per heavy atom. The van der Waals surface area contributed by atoms with E-state index in [-0.39, 0.29) is 5.70 Å². The van der Waals surface area contributed by atoms with E-state index in [2.05, 4.69) is 37.3 Å². The van der Waals surface area contributed by atoms with Crippen molar-refractivity contribution in [1.82, 2.24) is 0 Å². The van der Waals surface area contributed by atoms with Crippen molar-refractivity contribution in [2.24, 2.45) is 15.9 Å². The summed E-state index contributed by atoms with van der Waals surface area (Å²) in [5.74, 6) is 0.833. The van der Waals surface area contributed by atoms with Crippen molar-refractivity contribution in [3.05, 3.63) is 34.5 Å². The second-order valence-electron chi connectivity index (χ2n) is 6.44. The van der Waals surface area contributed by atoms with Gasteiger partial charge in [0, 0.05) is 0 Å². The van der Waals surface area contributed by atoms with Crippen LogP contribution in [0.1, 0.15) is 59.8 Å². The van der Waals surface area contributed by atoms with Crippen LogP contribution in [-0.4, -0.2) is 22.0 Å². The molecular weight excluding hydrogens is 278 g/mol. The molecule has 1 saturated carbocycles. The fourth-order valence-corrected chi connectivity index (χ4v) is 2.48. The molecule has 122 valence electrons. The smallest absolute Gasteiger partial charge is 0.258 e. The summed E-state index contributed by atoms with van der Waals surface area (Å²) < 4.78 is 0. The van der Waals surface area contributed by atoms with Gasteiger partial charge in [-0.1, -0.05) is 33.3 Å². The van der Waals surface area contributed by atoms with E-state index in [4.69, 9.17) is 0 Å². The summed E-state index contributed by atoms with van der Waals surface area (Å²) in [4.78, 5) is 19.5. The number of nitrogens with zero attached hydrogens (tertiary/aromatic N) is 3. The van der Waals surface area contributed by atoms with Crippen LogP contribution in [0.5, 0.6) is 0 Å². The molecule has 0 aromatic rings. The molecule has 0 N–H and O–H groups in total. The third-order valence-corrected chi connectivity index (χ3v) is 3.36. The highest BCUT2D eigenvalue weighted by molar-refractivity contribution is 6.52. The lowest BCUT2D eigenvalue weighted by Gasteiger charge is -2.27. The van der Waals surface area contributed by atoms with E-state index in [0.717, 1.165) is 31.6 Å². The molecule has 1 aliphatic heterocycles. The van der Waals surface area contributed by atoms with Gasteiger partial charge in [0.2, 0.25) is 0 Å². The van der Waals surface area contributed by atoms with Gasteiger partial charge >= 0.3 is 0 Å². The largest absolute Gasteiger partial charge is 0.289 e. The molecule has 0 bridgehead atoms. The van der Waals surface area contributed by atoms with E-state index in [0.29, 0.717) is 11.4 Å². The Kier molecular flexibility index (Phi) is 6.65. The highest BCUT2D eigenvalue weighted by Gasteiger charge is 2.39.